The molecule has 0 amide bonds. The van der Waals surface area contributed by atoms with Crippen LogP contribution in [0.15, 0.2) is 162 Å². The van der Waals surface area contributed by atoms with E-state index in [4.69, 9.17) is 24.4 Å². The lowest BCUT2D eigenvalue weighted by molar-refractivity contribution is 0.672. The molecule has 220 valence electrons. The molecule has 0 fully saturated rings. The van der Waals surface area contributed by atoms with Gasteiger partial charge in [-0.1, -0.05) is 146 Å². The van der Waals surface area contributed by atoms with Crippen LogP contribution in [0.1, 0.15) is 0 Å². The predicted octanol–water partition coefficient (Wildman–Crippen LogP) is 10.7. The van der Waals surface area contributed by atoms with Gasteiger partial charge in [-0.15, -0.1) is 0 Å². The highest BCUT2D eigenvalue weighted by molar-refractivity contribution is 6.22. The SMILES string of the molecule is c1ccc(-c2nc(-c3ccccc3)nc(-c3ccc(-c4nc5cccc(-c6ccccc6)c5c5oc6ccccc6c45)cc3)n2)cc1. The van der Waals surface area contributed by atoms with Crippen LogP contribution in [0.3, 0.4) is 0 Å². The first-order valence-electron chi connectivity index (χ1n) is 15.6. The van der Waals surface area contributed by atoms with E-state index in [1.54, 1.807) is 0 Å². The second-order valence-electron chi connectivity index (χ2n) is 11.4. The van der Waals surface area contributed by atoms with E-state index in [2.05, 4.69) is 72.8 Å². The van der Waals surface area contributed by atoms with Crippen LogP contribution in [-0.2, 0) is 0 Å². The van der Waals surface area contributed by atoms with Gasteiger partial charge in [-0.2, -0.15) is 0 Å². The Hall–Kier alpha value is -6.46. The van der Waals surface area contributed by atoms with E-state index in [0.717, 1.165) is 71.9 Å². The van der Waals surface area contributed by atoms with Gasteiger partial charge < -0.3 is 4.42 Å². The molecule has 0 radical (unpaired) electrons. The Morgan fingerprint density at radius 2 is 0.872 bits per heavy atom. The first-order chi connectivity index (χ1) is 23.3. The van der Waals surface area contributed by atoms with Gasteiger partial charge in [0.1, 0.15) is 11.2 Å². The number of hydrogen-bond donors (Lipinski definition) is 0. The number of pyridine rings is 1. The van der Waals surface area contributed by atoms with E-state index in [1.807, 2.05) is 84.9 Å². The number of benzene rings is 6. The molecule has 0 aliphatic carbocycles. The third-order valence-corrected chi connectivity index (χ3v) is 8.53. The van der Waals surface area contributed by atoms with Crippen LogP contribution in [0.4, 0.5) is 0 Å². The molecule has 3 heterocycles. The summed E-state index contributed by atoms with van der Waals surface area (Å²) < 4.78 is 6.63. The molecule has 6 aromatic carbocycles. The summed E-state index contributed by atoms with van der Waals surface area (Å²) in [5.74, 6) is 1.88. The third-order valence-electron chi connectivity index (χ3n) is 8.53. The summed E-state index contributed by atoms with van der Waals surface area (Å²) in [6.07, 6.45) is 0. The minimum atomic E-state index is 0.613. The number of furan rings is 1. The molecule has 0 spiro atoms. The van der Waals surface area contributed by atoms with E-state index in [-0.39, 0.29) is 0 Å². The lowest BCUT2D eigenvalue weighted by atomic mass is 9.96. The lowest BCUT2D eigenvalue weighted by Crippen LogP contribution is -2.00. The minimum Gasteiger partial charge on any atom is -0.455 e. The summed E-state index contributed by atoms with van der Waals surface area (Å²) in [4.78, 5) is 19.9. The van der Waals surface area contributed by atoms with E-state index in [0.29, 0.717) is 17.5 Å². The Labute approximate surface area is 270 Å². The van der Waals surface area contributed by atoms with Crippen LogP contribution in [0, 0.1) is 0 Å². The van der Waals surface area contributed by atoms with Gasteiger partial charge >= 0.3 is 0 Å². The Bertz CT molecular complexity index is 2490. The lowest BCUT2D eigenvalue weighted by Gasteiger charge is -2.11. The quantitative estimate of drug-likeness (QED) is 0.196. The van der Waals surface area contributed by atoms with Crippen molar-refractivity contribution in [3.8, 4) is 56.5 Å². The molecule has 0 aliphatic heterocycles. The summed E-state index contributed by atoms with van der Waals surface area (Å²) in [5.41, 5.74) is 9.42. The molecule has 0 unspecified atom stereocenters. The first-order valence-corrected chi connectivity index (χ1v) is 15.6. The zero-order chi connectivity index (χ0) is 31.2. The Kier molecular flexibility index (Phi) is 6.39. The van der Waals surface area contributed by atoms with Crippen molar-refractivity contribution in [3.05, 3.63) is 158 Å². The van der Waals surface area contributed by atoms with Crippen LogP contribution in [0.25, 0.3) is 89.4 Å². The average Bonchev–Trinajstić information content (AvgIpc) is 3.55. The van der Waals surface area contributed by atoms with E-state index in [9.17, 15) is 0 Å². The molecular weight excluding hydrogens is 576 g/mol. The van der Waals surface area contributed by atoms with Crippen molar-refractivity contribution in [1.82, 2.24) is 19.9 Å². The van der Waals surface area contributed by atoms with Crippen molar-refractivity contribution in [2.45, 2.75) is 0 Å². The number of rotatable bonds is 5. The maximum atomic E-state index is 6.63. The molecule has 0 N–H and O–H groups in total. The van der Waals surface area contributed by atoms with Gasteiger partial charge in [0.2, 0.25) is 0 Å². The van der Waals surface area contributed by atoms with Gasteiger partial charge in [-0.25, -0.2) is 19.9 Å². The van der Waals surface area contributed by atoms with Crippen LogP contribution >= 0.6 is 0 Å². The zero-order valence-electron chi connectivity index (χ0n) is 25.2. The molecule has 0 bridgehead atoms. The molecule has 9 rings (SSSR count). The number of nitrogens with zero attached hydrogens (tertiary/aromatic N) is 4. The second-order valence-corrected chi connectivity index (χ2v) is 11.4. The van der Waals surface area contributed by atoms with Crippen LogP contribution in [0.2, 0.25) is 0 Å². The van der Waals surface area contributed by atoms with E-state index >= 15 is 0 Å². The summed E-state index contributed by atoms with van der Waals surface area (Å²) >= 11 is 0. The largest absolute Gasteiger partial charge is 0.455 e. The molecule has 0 saturated carbocycles. The van der Waals surface area contributed by atoms with Gasteiger partial charge in [0.25, 0.3) is 0 Å². The predicted molar refractivity (Wildman–Crippen MR) is 190 cm³/mol. The third kappa shape index (κ3) is 4.73. The fraction of sp³-hybridized carbons (Fsp3) is 0. The smallest absolute Gasteiger partial charge is 0.164 e. The molecule has 0 saturated heterocycles. The molecule has 3 aromatic heterocycles. The van der Waals surface area contributed by atoms with Crippen molar-refractivity contribution in [2.24, 2.45) is 0 Å². The van der Waals surface area contributed by atoms with Gasteiger partial charge in [0.15, 0.2) is 17.5 Å². The fourth-order valence-corrected chi connectivity index (χ4v) is 6.29. The number of para-hydroxylation sites is 1. The van der Waals surface area contributed by atoms with Gasteiger partial charge in [-0.05, 0) is 23.3 Å². The summed E-state index contributed by atoms with van der Waals surface area (Å²) in [6.45, 7) is 0. The van der Waals surface area contributed by atoms with Crippen molar-refractivity contribution >= 4 is 32.8 Å². The highest BCUT2D eigenvalue weighted by Gasteiger charge is 2.20. The number of aromatic nitrogens is 4. The van der Waals surface area contributed by atoms with E-state index < -0.39 is 0 Å². The monoisotopic (exact) mass is 602 g/mol. The van der Waals surface area contributed by atoms with Crippen molar-refractivity contribution in [2.75, 3.05) is 0 Å². The first kappa shape index (κ1) is 26.9. The van der Waals surface area contributed by atoms with Crippen LogP contribution < -0.4 is 0 Å². The molecule has 47 heavy (non-hydrogen) atoms. The van der Waals surface area contributed by atoms with E-state index in [1.165, 1.54) is 0 Å². The molecule has 0 aliphatic rings. The normalized spacial score (nSPS) is 11.4. The maximum Gasteiger partial charge on any atom is 0.164 e. The molecule has 0 atom stereocenters. The van der Waals surface area contributed by atoms with Gasteiger partial charge in [0.05, 0.1) is 22.0 Å². The second kappa shape index (κ2) is 11.2. The highest BCUT2D eigenvalue weighted by atomic mass is 16.3. The number of fused-ring (bicyclic) bond motifs is 5. The van der Waals surface area contributed by atoms with Crippen LogP contribution in [0.5, 0.6) is 0 Å². The summed E-state index contributed by atoms with van der Waals surface area (Å²) in [7, 11) is 0. The maximum absolute atomic E-state index is 6.63. The van der Waals surface area contributed by atoms with Gasteiger partial charge in [0, 0.05) is 27.6 Å². The van der Waals surface area contributed by atoms with Crippen molar-refractivity contribution in [3.63, 3.8) is 0 Å². The summed E-state index contributed by atoms with van der Waals surface area (Å²) in [6, 6.07) is 53.2. The molecule has 5 nitrogen and oxygen atoms in total. The molecule has 9 aromatic rings. The van der Waals surface area contributed by atoms with Crippen molar-refractivity contribution in [1.29, 1.82) is 0 Å². The Morgan fingerprint density at radius 3 is 1.49 bits per heavy atom. The Morgan fingerprint density at radius 1 is 0.362 bits per heavy atom. The highest BCUT2D eigenvalue weighted by Crippen LogP contribution is 2.42. The molecular formula is C42H26N4O. The minimum absolute atomic E-state index is 0.613. The number of hydrogen-bond acceptors (Lipinski definition) is 5. The van der Waals surface area contributed by atoms with Gasteiger partial charge in [-0.3, -0.25) is 0 Å². The molecule has 5 heteroatoms. The fourth-order valence-electron chi connectivity index (χ4n) is 6.29. The topological polar surface area (TPSA) is 64.7 Å². The zero-order valence-corrected chi connectivity index (χ0v) is 25.2. The van der Waals surface area contributed by atoms with Crippen LogP contribution in [-0.4, -0.2) is 19.9 Å². The summed E-state index contributed by atoms with van der Waals surface area (Å²) in [5, 5.41) is 3.05. The average molecular weight is 603 g/mol. The standard InChI is InChI=1S/C42H26N4O/c1-4-13-27(14-5-1)32-20-12-21-34-36(32)39-37(33-19-10-11-22-35(33)47-39)38(43-34)28-23-25-31(26-24-28)42-45-40(29-15-6-2-7-16-29)44-41(46-42)30-17-8-3-9-18-30/h1-26H. The van der Waals surface area contributed by atoms with Crippen molar-refractivity contribution < 1.29 is 4.42 Å². The Balaban J connectivity index is 1.22.